The van der Waals surface area contributed by atoms with Crippen molar-refractivity contribution in [3.63, 3.8) is 0 Å². The third-order valence-corrected chi connectivity index (χ3v) is 2.33. The standard InChI is InChI=1S/C8H17.2H2O.Zr/c1-4-5-6-7-8(2)3;;;/h8H,1,4-7H2,2-3H3;2*1H2;. The molecular formula is C8H21O2Zr. The maximum absolute atomic E-state index is 2.30. The average molecular weight is 240 g/mol. The molecule has 2 nitrogen and oxygen atoms in total. The Morgan fingerprint density at radius 2 is 1.55 bits per heavy atom. The molecule has 0 amide bonds. The molecular weight excluding hydrogens is 219 g/mol. The van der Waals surface area contributed by atoms with Crippen LogP contribution in [-0.2, 0) is 24.7 Å². The Morgan fingerprint density at radius 1 is 1.00 bits per heavy atom. The third kappa shape index (κ3) is 18.1. The number of rotatable bonds is 5. The fourth-order valence-corrected chi connectivity index (χ4v) is 1.47. The molecule has 0 aliphatic heterocycles. The predicted octanol–water partition coefficient (Wildman–Crippen LogP) is 1.52. The van der Waals surface area contributed by atoms with Crippen molar-refractivity contribution in [3.05, 3.63) is 0 Å². The minimum absolute atomic E-state index is 0. The van der Waals surface area contributed by atoms with E-state index < -0.39 is 0 Å². The minimum Gasteiger partial charge on any atom is -0.412 e. The maximum atomic E-state index is 2.30. The second-order valence-corrected chi connectivity index (χ2v) is 4.22. The summed E-state index contributed by atoms with van der Waals surface area (Å²) in [6.45, 7) is 4.61. The van der Waals surface area contributed by atoms with Gasteiger partial charge in [0.15, 0.2) is 0 Å². The van der Waals surface area contributed by atoms with Gasteiger partial charge >= 0.3 is 74.3 Å². The number of unbranched alkanes of at least 4 members (excludes halogenated alkanes) is 2. The molecule has 0 rings (SSSR count). The molecule has 0 fully saturated rings. The molecule has 69 valence electrons. The summed E-state index contributed by atoms with van der Waals surface area (Å²) in [6.07, 6.45) is 5.80. The average Bonchev–Trinajstić information content (AvgIpc) is 1.80. The first-order valence-corrected chi connectivity index (χ1v) is 5.65. The second-order valence-electron chi connectivity index (χ2n) is 2.99. The SMILES string of the molecule is CC(C)CCCC[CH2][Zr].O.O. The molecule has 0 radical (unpaired) electrons. The Morgan fingerprint density at radius 3 is 1.91 bits per heavy atom. The third-order valence-electron chi connectivity index (χ3n) is 1.46. The molecule has 0 unspecified atom stereocenters. The van der Waals surface area contributed by atoms with Crippen LogP contribution in [0.25, 0.3) is 0 Å². The molecule has 0 bridgehead atoms. The van der Waals surface area contributed by atoms with Crippen LogP contribution < -0.4 is 0 Å². The Labute approximate surface area is 85.2 Å². The van der Waals surface area contributed by atoms with Gasteiger partial charge in [0.1, 0.15) is 0 Å². The monoisotopic (exact) mass is 239 g/mol. The van der Waals surface area contributed by atoms with E-state index in [2.05, 4.69) is 13.8 Å². The molecule has 0 saturated carbocycles. The van der Waals surface area contributed by atoms with Crippen LogP contribution >= 0.6 is 0 Å². The Balaban J connectivity index is -0.000000320. The van der Waals surface area contributed by atoms with Crippen molar-refractivity contribution in [2.45, 2.75) is 43.7 Å². The van der Waals surface area contributed by atoms with Gasteiger partial charge in [0.05, 0.1) is 0 Å². The first-order valence-electron chi connectivity index (χ1n) is 3.92. The van der Waals surface area contributed by atoms with E-state index in [9.17, 15) is 0 Å². The molecule has 0 saturated heterocycles. The summed E-state index contributed by atoms with van der Waals surface area (Å²) < 4.78 is 1.45. The van der Waals surface area contributed by atoms with Crippen LogP contribution in [0.15, 0.2) is 0 Å². The van der Waals surface area contributed by atoms with Gasteiger partial charge in [0, 0.05) is 0 Å². The summed E-state index contributed by atoms with van der Waals surface area (Å²) in [5.41, 5.74) is 0. The van der Waals surface area contributed by atoms with Gasteiger partial charge in [-0.1, -0.05) is 0 Å². The van der Waals surface area contributed by atoms with Crippen LogP contribution in [0.1, 0.15) is 39.5 Å². The molecule has 0 aromatic heterocycles. The second kappa shape index (κ2) is 13.4. The molecule has 0 aliphatic rings. The van der Waals surface area contributed by atoms with E-state index in [1.54, 1.807) is 24.7 Å². The van der Waals surface area contributed by atoms with E-state index in [0.29, 0.717) is 0 Å². The van der Waals surface area contributed by atoms with E-state index in [1.165, 1.54) is 29.8 Å². The van der Waals surface area contributed by atoms with Crippen LogP contribution in [0.5, 0.6) is 0 Å². The van der Waals surface area contributed by atoms with Crippen LogP contribution in [0.3, 0.4) is 0 Å². The van der Waals surface area contributed by atoms with Gasteiger partial charge in [0.25, 0.3) is 0 Å². The molecule has 0 spiro atoms. The van der Waals surface area contributed by atoms with E-state index >= 15 is 0 Å². The molecule has 0 aromatic carbocycles. The van der Waals surface area contributed by atoms with Crippen LogP contribution in [-0.4, -0.2) is 11.0 Å². The van der Waals surface area contributed by atoms with E-state index in [1.807, 2.05) is 0 Å². The topological polar surface area (TPSA) is 63.0 Å². The summed E-state index contributed by atoms with van der Waals surface area (Å²) in [6, 6.07) is 0. The predicted molar refractivity (Wildman–Crippen MR) is 45.3 cm³/mol. The summed E-state index contributed by atoms with van der Waals surface area (Å²) in [5.74, 6) is 0.912. The van der Waals surface area contributed by atoms with Gasteiger partial charge in [-0.05, 0) is 0 Å². The van der Waals surface area contributed by atoms with Crippen molar-refractivity contribution in [1.82, 2.24) is 0 Å². The zero-order chi connectivity index (χ0) is 7.11. The van der Waals surface area contributed by atoms with Gasteiger partial charge in [-0.25, -0.2) is 0 Å². The van der Waals surface area contributed by atoms with E-state index in [0.717, 1.165) is 5.92 Å². The van der Waals surface area contributed by atoms with Crippen molar-refractivity contribution < 1.29 is 35.7 Å². The van der Waals surface area contributed by atoms with Crippen molar-refractivity contribution in [3.8, 4) is 0 Å². The zero-order valence-corrected chi connectivity index (χ0v) is 10.1. The fourth-order valence-electron chi connectivity index (χ4n) is 0.854. The fraction of sp³-hybridized carbons (Fsp3) is 1.00. The normalized spacial score (nSPS) is 8.55. The van der Waals surface area contributed by atoms with Gasteiger partial charge in [-0.2, -0.15) is 0 Å². The summed E-state index contributed by atoms with van der Waals surface area (Å²) >= 11 is 1.70. The molecule has 0 aromatic rings. The molecule has 3 heteroatoms. The number of hydrogen-bond acceptors (Lipinski definition) is 0. The van der Waals surface area contributed by atoms with Crippen LogP contribution in [0.4, 0.5) is 0 Å². The van der Waals surface area contributed by atoms with Gasteiger partial charge < -0.3 is 11.0 Å². The maximum Gasteiger partial charge on any atom is -0.412 e. The van der Waals surface area contributed by atoms with Crippen molar-refractivity contribution in [2.24, 2.45) is 5.92 Å². The van der Waals surface area contributed by atoms with Gasteiger partial charge in [-0.15, -0.1) is 0 Å². The van der Waals surface area contributed by atoms with Crippen molar-refractivity contribution in [1.29, 1.82) is 0 Å². The quantitative estimate of drug-likeness (QED) is 0.654. The molecule has 0 atom stereocenters. The first-order chi connectivity index (χ1) is 4.27. The van der Waals surface area contributed by atoms with Gasteiger partial charge in [0.2, 0.25) is 0 Å². The summed E-state index contributed by atoms with van der Waals surface area (Å²) in [5, 5.41) is 0. The molecule has 11 heavy (non-hydrogen) atoms. The minimum atomic E-state index is 0. The summed E-state index contributed by atoms with van der Waals surface area (Å²) in [4.78, 5) is 0. The largest absolute Gasteiger partial charge is 0.412 e. The smallest absolute Gasteiger partial charge is 0.412 e. The zero-order valence-electron chi connectivity index (χ0n) is 7.61. The number of hydrogen-bond donors (Lipinski definition) is 0. The van der Waals surface area contributed by atoms with Crippen LogP contribution in [0.2, 0.25) is 4.13 Å². The molecule has 0 aliphatic carbocycles. The molecule has 0 heterocycles. The first kappa shape index (κ1) is 17.8. The van der Waals surface area contributed by atoms with E-state index in [-0.39, 0.29) is 11.0 Å². The van der Waals surface area contributed by atoms with E-state index in [4.69, 9.17) is 0 Å². The molecule has 4 N–H and O–H groups in total. The van der Waals surface area contributed by atoms with Gasteiger partial charge in [-0.3, -0.25) is 0 Å². The van der Waals surface area contributed by atoms with Crippen molar-refractivity contribution >= 4 is 0 Å². The summed E-state index contributed by atoms with van der Waals surface area (Å²) in [7, 11) is 0. The Bertz CT molecular complexity index is 58.1. The van der Waals surface area contributed by atoms with Crippen LogP contribution in [0, 0.1) is 5.92 Å². The van der Waals surface area contributed by atoms with Crippen molar-refractivity contribution in [2.75, 3.05) is 0 Å². The Kier molecular flexibility index (Phi) is 21.6. The Hall–Kier alpha value is 0.803.